The summed E-state index contributed by atoms with van der Waals surface area (Å²) in [6.45, 7) is 13.2. The molecule has 3 saturated carbocycles. The molecule has 0 bridgehead atoms. The van der Waals surface area contributed by atoms with E-state index < -0.39 is 5.60 Å². The molecule has 0 amide bonds. The van der Waals surface area contributed by atoms with Gasteiger partial charge in [-0.15, -0.1) is 6.42 Å². The molecule has 0 aromatic carbocycles. The van der Waals surface area contributed by atoms with Crippen molar-refractivity contribution >= 4 is 0 Å². The summed E-state index contributed by atoms with van der Waals surface area (Å²) in [4.78, 5) is 0. The zero-order chi connectivity index (χ0) is 24.2. The second-order valence-corrected chi connectivity index (χ2v) is 11.8. The van der Waals surface area contributed by atoms with Crippen molar-refractivity contribution < 1.29 is 14.9 Å². The van der Waals surface area contributed by atoms with Gasteiger partial charge in [0.15, 0.2) is 0 Å². The molecule has 33 heavy (non-hydrogen) atoms. The molecule has 3 fully saturated rings. The fraction of sp³-hybridized carbons (Fsp3) is 0.733. The van der Waals surface area contributed by atoms with Gasteiger partial charge in [-0.25, -0.2) is 0 Å². The summed E-state index contributed by atoms with van der Waals surface area (Å²) in [5.41, 5.74) is 3.58. The highest BCUT2D eigenvalue weighted by molar-refractivity contribution is 5.36. The van der Waals surface area contributed by atoms with Gasteiger partial charge in [0.05, 0.1) is 17.8 Å². The van der Waals surface area contributed by atoms with Crippen LogP contribution in [0.15, 0.2) is 35.5 Å². The van der Waals surface area contributed by atoms with Gasteiger partial charge >= 0.3 is 0 Å². The van der Waals surface area contributed by atoms with Crippen molar-refractivity contribution in [2.75, 3.05) is 6.61 Å². The van der Waals surface area contributed by atoms with Crippen LogP contribution >= 0.6 is 0 Å². The van der Waals surface area contributed by atoms with Crippen LogP contribution in [0.5, 0.6) is 0 Å². The van der Waals surface area contributed by atoms with E-state index in [1.807, 2.05) is 13.8 Å². The molecule has 0 radical (unpaired) electrons. The van der Waals surface area contributed by atoms with E-state index in [-0.39, 0.29) is 17.6 Å². The summed E-state index contributed by atoms with van der Waals surface area (Å²) < 4.78 is 6.16. The highest BCUT2D eigenvalue weighted by Gasteiger charge is 2.51. The third-order valence-electron chi connectivity index (χ3n) is 8.87. The number of terminal acetylenes is 1. The fourth-order valence-electron chi connectivity index (χ4n) is 6.95. The van der Waals surface area contributed by atoms with Crippen molar-refractivity contribution in [2.45, 2.75) is 110 Å². The van der Waals surface area contributed by atoms with Crippen LogP contribution in [0.3, 0.4) is 0 Å². The molecular weight excluding hydrogens is 408 g/mol. The number of hydrogen-bond donors (Lipinski definition) is 2. The molecule has 3 aliphatic rings. The standard InChI is InChI=1S/C30H46O3/c1-7-19-33-28(16-18-29(4,5)32)22(3)26-14-15-27-23(9-8-17-30(26,27)6)11-12-24-20-25(31)13-10-21(24)2/h1,11-12,22,25-28,31-32H,2,8-10,13-20H2,3-6H3/b23-11+,24-12-/t22-,25-,26+,27-,28+,30+/m0/s1. The van der Waals surface area contributed by atoms with E-state index in [0.717, 1.165) is 25.7 Å². The number of aliphatic hydroxyl groups excluding tert-OH is 1. The molecule has 184 valence electrons. The summed E-state index contributed by atoms with van der Waals surface area (Å²) in [6.07, 6.45) is 20.2. The number of fused-ring (bicyclic) bond motifs is 1. The Morgan fingerprint density at radius 1 is 1.27 bits per heavy atom. The average Bonchev–Trinajstić information content (AvgIpc) is 3.10. The molecule has 6 atom stereocenters. The Balaban J connectivity index is 1.77. The van der Waals surface area contributed by atoms with Crippen LogP contribution in [-0.2, 0) is 4.74 Å². The van der Waals surface area contributed by atoms with Gasteiger partial charge < -0.3 is 14.9 Å². The lowest BCUT2D eigenvalue weighted by molar-refractivity contribution is -0.0349. The molecule has 3 heteroatoms. The van der Waals surface area contributed by atoms with Crippen LogP contribution in [0.25, 0.3) is 0 Å². The number of rotatable bonds is 8. The van der Waals surface area contributed by atoms with Gasteiger partial charge in [0.1, 0.15) is 6.61 Å². The lowest BCUT2D eigenvalue weighted by Gasteiger charge is -2.46. The van der Waals surface area contributed by atoms with E-state index in [1.54, 1.807) is 5.57 Å². The van der Waals surface area contributed by atoms with E-state index in [4.69, 9.17) is 11.2 Å². The first kappa shape index (κ1) is 26.3. The Bertz CT molecular complexity index is 792. The first-order chi connectivity index (χ1) is 15.5. The highest BCUT2D eigenvalue weighted by Crippen LogP contribution is 2.60. The van der Waals surface area contributed by atoms with Gasteiger partial charge in [-0.1, -0.05) is 49.6 Å². The minimum absolute atomic E-state index is 0.0802. The maximum atomic E-state index is 10.3. The van der Waals surface area contributed by atoms with Crippen molar-refractivity contribution in [1.82, 2.24) is 0 Å². The SMILES string of the molecule is C#CCO[C@H](CCC(C)(C)O)[C@@H](C)[C@H]1CC[C@H]2/C(=C/C=C3/C[C@@H](O)CCC3=C)CCC[C@]12C. The molecule has 3 aliphatic carbocycles. The first-order valence-electron chi connectivity index (χ1n) is 13.1. The zero-order valence-corrected chi connectivity index (χ0v) is 21.4. The second-order valence-electron chi connectivity index (χ2n) is 11.8. The van der Waals surface area contributed by atoms with Crippen molar-refractivity contribution in [3.05, 3.63) is 35.5 Å². The number of aliphatic hydroxyl groups is 2. The normalized spacial score (nSPS) is 34.8. The van der Waals surface area contributed by atoms with Gasteiger partial charge in [0, 0.05) is 0 Å². The quantitative estimate of drug-likeness (QED) is 0.419. The fourth-order valence-corrected chi connectivity index (χ4v) is 6.95. The lowest BCUT2D eigenvalue weighted by Crippen LogP contribution is -2.40. The summed E-state index contributed by atoms with van der Waals surface area (Å²) in [7, 11) is 0. The van der Waals surface area contributed by atoms with Crippen LogP contribution in [0.2, 0.25) is 0 Å². The summed E-state index contributed by atoms with van der Waals surface area (Å²) in [5.74, 6) is 4.25. The third kappa shape index (κ3) is 6.41. The summed E-state index contributed by atoms with van der Waals surface area (Å²) in [5, 5.41) is 20.4. The van der Waals surface area contributed by atoms with Crippen molar-refractivity contribution in [2.24, 2.45) is 23.2 Å². The summed E-state index contributed by atoms with van der Waals surface area (Å²) in [6, 6.07) is 0. The first-order valence-corrected chi connectivity index (χ1v) is 13.1. The molecule has 3 nitrogen and oxygen atoms in total. The largest absolute Gasteiger partial charge is 0.393 e. The van der Waals surface area contributed by atoms with Crippen LogP contribution < -0.4 is 0 Å². The maximum Gasteiger partial charge on any atom is 0.107 e. The Morgan fingerprint density at radius 2 is 2.03 bits per heavy atom. The van der Waals surface area contributed by atoms with Crippen molar-refractivity contribution in [1.29, 1.82) is 0 Å². The van der Waals surface area contributed by atoms with Gasteiger partial charge in [-0.2, -0.15) is 0 Å². The minimum atomic E-state index is -0.690. The Kier molecular flexibility index (Phi) is 8.71. The van der Waals surface area contributed by atoms with Gasteiger partial charge in [0.2, 0.25) is 0 Å². The lowest BCUT2D eigenvalue weighted by atomic mass is 9.60. The molecule has 0 unspecified atom stereocenters. The van der Waals surface area contributed by atoms with E-state index in [9.17, 15) is 10.2 Å². The van der Waals surface area contributed by atoms with Crippen LogP contribution in [0.1, 0.15) is 91.9 Å². The molecule has 3 rings (SSSR count). The molecule has 0 spiro atoms. The smallest absolute Gasteiger partial charge is 0.107 e. The van der Waals surface area contributed by atoms with Gasteiger partial charge in [-0.05, 0) is 107 Å². The second kappa shape index (κ2) is 10.9. The topological polar surface area (TPSA) is 49.7 Å². The number of hydrogen-bond acceptors (Lipinski definition) is 3. The highest BCUT2D eigenvalue weighted by atomic mass is 16.5. The van der Waals surface area contributed by atoms with E-state index >= 15 is 0 Å². The van der Waals surface area contributed by atoms with E-state index in [0.29, 0.717) is 30.8 Å². The van der Waals surface area contributed by atoms with Crippen molar-refractivity contribution in [3.8, 4) is 12.3 Å². The monoisotopic (exact) mass is 454 g/mol. The molecule has 0 aliphatic heterocycles. The third-order valence-corrected chi connectivity index (χ3v) is 8.87. The Morgan fingerprint density at radius 3 is 2.73 bits per heavy atom. The Hall–Kier alpha value is -1.34. The zero-order valence-electron chi connectivity index (χ0n) is 21.4. The predicted molar refractivity (Wildman–Crippen MR) is 137 cm³/mol. The van der Waals surface area contributed by atoms with E-state index in [1.165, 1.54) is 43.3 Å². The minimum Gasteiger partial charge on any atom is -0.393 e. The maximum absolute atomic E-state index is 10.3. The molecule has 0 aromatic rings. The number of allylic oxidation sites excluding steroid dienone is 4. The van der Waals surface area contributed by atoms with E-state index in [2.05, 4.69) is 38.5 Å². The van der Waals surface area contributed by atoms with Crippen molar-refractivity contribution in [3.63, 3.8) is 0 Å². The predicted octanol–water partition coefficient (Wildman–Crippen LogP) is 6.36. The molecule has 2 N–H and O–H groups in total. The van der Waals surface area contributed by atoms with Crippen LogP contribution in [0, 0.1) is 35.5 Å². The average molecular weight is 455 g/mol. The van der Waals surface area contributed by atoms with Gasteiger partial charge in [0.25, 0.3) is 0 Å². The molecule has 0 saturated heterocycles. The molecule has 0 aromatic heterocycles. The molecular formula is C30H46O3. The van der Waals surface area contributed by atoms with Crippen LogP contribution in [0.4, 0.5) is 0 Å². The van der Waals surface area contributed by atoms with Gasteiger partial charge in [-0.3, -0.25) is 0 Å². The summed E-state index contributed by atoms with van der Waals surface area (Å²) >= 11 is 0. The number of ether oxygens (including phenoxy) is 1. The van der Waals surface area contributed by atoms with Crippen LogP contribution in [-0.4, -0.2) is 34.6 Å². The Labute approximate surface area is 202 Å². The molecule has 0 heterocycles.